The lowest BCUT2D eigenvalue weighted by atomic mass is 10.6. The SMILES string of the molecule is CCOP(=O)(/C=C\n1ccc(=O)[nH]c1=O)OCC. The maximum atomic E-state index is 12.0. The fraction of sp³-hybridized carbons (Fsp3) is 0.400. The third kappa shape index (κ3) is 4.10. The number of hydrogen-bond donors (Lipinski definition) is 1. The molecule has 0 atom stereocenters. The number of H-pyrrole nitrogens is 1. The van der Waals surface area contributed by atoms with Crippen molar-refractivity contribution in [3.8, 4) is 0 Å². The molecule has 8 heteroatoms. The Morgan fingerprint density at radius 2 is 1.94 bits per heavy atom. The van der Waals surface area contributed by atoms with Gasteiger partial charge in [0.05, 0.1) is 13.2 Å². The first kappa shape index (κ1) is 14.6. The predicted octanol–water partition coefficient (Wildman–Crippen LogP) is 1.23. The monoisotopic (exact) mass is 274 g/mol. The first-order valence-corrected chi connectivity index (χ1v) is 7.01. The van der Waals surface area contributed by atoms with Gasteiger partial charge in [0.15, 0.2) is 0 Å². The van der Waals surface area contributed by atoms with Gasteiger partial charge in [-0.15, -0.1) is 0 Å². The van der Waals surface area contributed by atoms with Crippen LogP contribution in [0.4, 0.5) is 0 Å². The molecule has 1 rings (SSSR count). The minimum atomic E-state index is -3.35. The zero-order chi connectivity index (χ0) is 13.6. The van der Waals surface area contributed by atoms with Gasteiger partial charge in [-0.2, -0.15) is 0 Å². The minimum Gasteiger partial charge on any atom is -0.306 e. The van der Waals surface area contributed by atoms with Crippen LogP contribution in [0.3, 0.4) is 0 Å². The molecular formula is C10H15N2O5P. The van der Waals surface area contributed by atoms with Gasteiger partial charge < -0.3 is 9.05 Å². The van der Waals surface area contributed by atoms with Crippen molar-refractivity contribution in [1.82, 2.24) is 9.55 Å². The molecule has 1 aromatic rings. The number of nitrogens with zero attached hydrogens (tertiary/aromatic N) is 1. The largest absolute Gasteiger partial charge is 0.355 e. The molecule has 0 bridgehead atoms. The highest BCUT2D eigenvalue weighted by molar-refractivity contribution is 7.57. The number of aromatic amines is 1. The Kier molecular flexibility index (Phi) is 5.27. The van der Waals surface area contributed by atoms with E-state index in [-0.39, 0.29) is 13.2 Å². The predicted molar refractivity (Wildman–Crippen MR) is 67.5 cm³/mol. The average molecular weight is 274 g/mol. The molecular weight excluding hydrogens is 259 g/mol. The molecule has 1 aromatic heterocycles. The lowest BCUT2D eigenvalue weighted by molar-refractivity contribution is 0.229. The molecule has 0 unspecified atom stereocenters. The van der Waals surface area contributed by atoms with Gasteiger partial charge in [-0.1, -0.05) is 0 Å². The van der Waals surface area contributed by atoms with Crippen molar-refractivity contribution in [1.29, 1.82) is 0 Å². The molecule has 0 aromatic carbocycles. The van der Waals surface area contributed by atoms with Gasteiger partial charge in [-0.3, -0.25) is 18.9 Å². The van der Waals surface area contributed by atoms with Crippen LogP contribution in [0.5, 0.6) is 0 Å². The van der Waals surface area contributed by atoms with Crippen LogP contribution in [0.15, 0.2) is 27.7 Å². The summed E-state index contributed by atoms with van der Waals surface area (Å²) in [5, 5.41) is 0. The third-order valence-electron chi connectivity index (χ3n) is 1.88. The topological polar surface area (TPSA) is 90.4 Å². The van der Waals surface area contributed by atoms with Gasteiger partial charge in [-0.25, -0.2) is 4.79 Å². The Balaban J connectivity index is 2.99. The molecule has 18 heavy (non-hydrogen) atoms. The van der Waals surface area contributed by atoms with E-state index in [1.54, 1.807) is 13.8 Å². The van der Waals surface area contributed by atoms with Crippen molar-refractivity contribution in [2.45, 2.75) is 13.8 Å². The van der Waals surface area contributed by atoms with E-state index in [0.29, 0.717) is 0 Å². The van der Waals surface area contributed by atoms with Crippen molar-refractivity contribution in [2.75, 3.05) is 13.2 Å². The molecule has 0 saturated carbocycles. The first-order chi connectivity index (χ1) is 8.50. The summed E-state index contributed by atoms with van der Waals surface area (Å²) in [5.74, 6) is 1.18. The molecule has 0 radical (unpaired) electrons. The molecule has 0 aliphatic rings. The Morgan fingerprint density at radius 3 is 2.44 bits per heavy atom. The number of hydrogen-bond acceptors (Lipinski definition) is 5. The molecule has 7 nitrogen and oxygen atoms in total. The Hall–Kier alpha value is -1.43. The second-order valence-corrected chi connectivity index (χ2v) is 5.09. The average Bonchev–Trinajstić information content (AvgIpc) is 2.28. The van der Waals surface area contributed by atoms with Gasteiger partial charge in [0, 0.05) is 24.3 Å². The van der Waals surface area contributed by atoms with Crippen molar-refractivity contribution >= 4 is 13.8 Å². The van der Waals surface area contributed by atoms with E-state index >= 15 is 0 Å². The Morgan fingerprint density at radius 1 is 1.33 bits per heavy atom. The Bertz CT molecular complexity index is 564. The molecule has 0 spiro atoms. The Labute approximate surface area is 104 Å². The first-order valence-electron chi connectivity index (χ1n) is 5.40. The van der Waals surface area contributed by atoms with Crippen LogP contribution in [0.1, 0.15) is 13.8 Å². The minimum absolute atomic E-state index is 0.224. The summed E-state index contributed by atoms with van der Waals surface area (Å²) >= 11 is 0. The van der Waals surface area contributed by atoms with Gasteiger partial charge in [0.25, 0.3) is 5.56 Å². The van der Waals surface area contributed by atoms with E-state index in [2.05, 4.69) is 4.98 Å². The summed E-state index contributed by atoms with van der Waals surface area (Å²) in [7, 11) is -3.35. The smallest absolute Gasteiger partial charge is 0.306 e. The third-order valence-corrected chi connectivity index (χ3v) is 3.61. The van der Waals surface area contributed by atoms with E-state index in [0.717, 1.165) is 4.57 Å². The summed E-state index contributed by atoms with van der Waals surface area (Å²) in [6.07, 6.45) is 2.50. The van der Waals surface area contributed by atoms with Crippen LogP contribution in [-0.4, -0.2) is 22.8 Å². The van der Waals surface area contributed by atoms with Gasteiger partial charge in [0.1, 0.15) is 0 Å². The fourth-order valence-electron chi connectivity index (χ4n) is 1.18. The van der Waals surface area contributed by atoms with Gasteiger partial charge in [-0.05, 0) is 13.8 Å². The van der Waals surface area contributed by atoms with Crippen molar-refractivity contribution in [2.24, 2.45) is 0 Å². The van der Waals surface area contributed by atoms with E-state index in [1.807, 2.05) is 0 Å². The second-order valence-electron chi connectivity index (χ2n) is 3.19. The highest BCUT2D eigenvalue weighted by atomic mass is 31.2. The maximum absolute atomic E-state index is 12.0. The summed E-state index contributed by atoms with van der Waals surface area (Å²) in [5.41, 5.74) is -1.12. The lowest BCUT2D eigenvalue weighted by Crippen LogP contribution is -2.25. The van der Waals surface area contributed by atoms with Crippen LogP contribution < -0.4 is 11.2 Å². The summed E-state index contributed by atoms with van der Waals surface area (Å²) in [6, 6.07) is 1.18. The molecule has 100 valence electrons. The molecule has 0 aliphatic carbocycles. The summed E-state index contributed by atoms with van der Waals surface area (Å²) < 4.78 is 23.2. The fourth-order valence-corrected chi connectivity index (χ4v) is 2.45. The number of rotatable bonds is 6. The van der Waals surface area contributed by atoms with Crippen molar-refractivity contribution in [3.63, 3.8) is 0 Å². The normalized spacial score (nSPS) is 12.1. The number of aromatic nitrogens is 2. The van der Waals surface area contributed by atoms with E-state index in [9.17, 15) is 14.2 Å². The zero-order valence-electron chi connectivity index (χ0n) is 10.2. The van der Waals surface area contributed by atoms with Crippen LogP contribution in [0, 0.1) is 0 Å². The lowest BCUT2D eigenvalue weighted by Gasteiger charge is -2.12. The van der Waals surface area contributed by atoms with E-state index in [4.69, 9.17) is 9.05 Å². The standard InChI is InChI=1S/C10H15N2O5P/c1-3-16-18(15,17-4-2)8-7-12-6-5-9(13)11-10(12)14/h5-8H,3-4H2,1-2H3,(H,11,13,14)/b8-7-. The highest BCUT2D eigenvalue weighted by Crippen LogP contribution is 2.49. The van der Waals surface area contributed by atoms with Gasteiger partial charge in [0.2, 0.25) is 0 Å². The van der Waals surface area contributed by atoms with E-state index < -0.39 is 18.8 Å². The zero-order valence-corrected chi connectivity index (χ0v) is 11.1. The van der Waals surface area contributed by atoms with Crippen LogP contribution in [0.25, 0.3) is 6.20 Å². The molecule has 0 amide bonds. The molecule has 1 heterocycles. The van der Waals surface area contributed by atoms with Crippen molar-refractivity contribution in [3.05, 3.63) is 38.9 Å². The molecule has 0 fully saturated rings. The van der Waals surface area contributed by atoms with Crippen molar-refractivity contribution < 1.29 is 13.6 Å². The summed E-state index contributed by atoms with van der Waals surface area (Å²) in [6.45, 7) is 3.82. The summed E-state index contributed by atoms with van der Waals surface area (Å²) in [4.78, 5) is 24.3. The number of nitrogens with one attached hydrogen (secondary N) is 1. The van der Waals surface area contributed by atoms with Crippen LogP contribution >= 0.6 is 7.60 Å². The van der Waals surface area contributed by atoms with E-state index in [1.165, 1.54) is 24.3 Å². The second kappa shape index (κ2) is 6.49. The van der Waals surface area contributed by atoms with Gasteiger partial charge >= 0.3 is 13.3 Å². The highest BCUT2D eigenvalue weighted by Gasteiger charge is 2.18. The molecule has 1 N–H and O–H groups in total. The molecule has 0 saturated heterocycles. The quantitative estimate of drug-likeness (QED) is 0.788. The molecule has 0 aliphatic heterocycles. The van der Waals surface area contributed by atoms with Crippen LogP contribution in [0.2, 0.25) is 0 Å². The maximum Gasteiger partial charge on any atom is 0.355 e. The van der Waals surface area contributed by atoms with Crippen LogP contribution in [-0.2, 0) is 13.6 Å².